The van der Waals surface area contributed by atoms with Crippen molar-refractivity contribution in [3.8, 4) is 0 Å². The van der Waals surface area contributed by atoms with E-state index in [4.69, 9.17) is 9.72 Å². The molecule has 0 aliphatic carbocycles. The molecule has 202 valence electrons. The third kappa shape index (κ3) is 5.93. The topological polar surface area (TPSA) is 67.7 Å². The number of nitrogens with zero attached hydrogens (tertiary/aromatic N) is 4. The van der Waals surface area contributed by atoms with Crippen LogP contribution < -0.4 is 4.90 Å². The van der Waals surface area contributed by atoms with E-state index in [1.54, 1.807) is 7.11 Å². The second-order valence-electron chi connectivity index (χ2n) is 11.0. The number of benzene rings is 2. The number of ether oxygens (including phenoxy) is 1. The Hall–Kier alpha value is -3.19. The van der Waals surface area contributed by atoms with E-state index in [0.717, 1.165) is 87.4 Å². The number of rotatable bonds is 10. The van der Waals surface area contributed by atoms with Gasteiger partial charge in [-0.1, -0.05) is 31.2 Å². The molecule has 2 amide bonds. The first-order valence-corrected chi connectivity index (χ1v) is 14.1. The number of amides is 2. The van der Waals surface area contributed by atoms with Gasteiger partial charge >= 0.3 is 0 Å². The highest BCUT2D eigenvalue weighted by molar-refractivity contribution is 5.95. The van der Waals surface area contributed by atoms with Gasteiger partial charge in [-0.3, -0.25) is 9.59 Å². The first kappa shape index (κ1) is 26.4. The number of methoxy groups -OCH3 is 1. The smallest absolute Gasteiger partial charge is 0.227 e. The van der Waals surface area contributed by atoms with Crippen LogP contribution >= 0.6 is 0 Å². The summed E-state index contributed by atoms with van der Waals surface area (Å²) in [4.78, 5) is 34.3. The van der Waals surface area contributed by atoms with Gasteiger partial charge in [-0.05, 0) is 67.9 Å². The summed E-state index contributed by atoms with van der Waals surface area (Å²) in [5.74, 6) is 2.05. The van der Waals surface area contributed by atoms with E-state index in [1.807, 2.05) is 23.1 Å². The molecule has 0 spiro atoms. The highest BCUT2D eigenvalue weighted by atomic mass is 16.5. The number of fused-ring (bicyclic) bond motifs is 1. The molecule has 2 aliphatic heterocycles. The van der Waals surface area contributed by atoms with Crippen molar-refractivity contribution in [3.63, 3.8) is 0 Å². The molecule has 7 heteroatoms. The van der Waals surface area contributed by atoms with Gasteiger partial charge in [-0.2, -0.15) is 0 Å². The lowest BCUT2D eigenvalue weighted by Crippen LogP contribution is -2.40. The minimum atomic E-state index is 0.210. The Kier molecular flexibility index (Phi) is 8.42. The SMILES string of the molecule is COCCCn1c([C@@H]2CCCN(C(=O)C[C@H](C)Cc3ccc(N4CCCC4=O)cc3)C2)nc2ccccc21. The average Bonchev–Trinajstić information content (AvgIpc) is 3.53. The first-order chi connectivity index (χ1) is 18.5. The van der Waals surface area contributed by atoms with Gasteiger partial charge in [0.25, 0.3) is 0 Å². The van der Waals surface area contributed by atoms with Crippen molar-refractivity contribution < 1.29 is 14.3 Å². The number of aromatic nitrogens is 2. The van der Waals surface area contributed by atoms with Crippen LogP contribution in [0.1, 0.15) is 62.8 Å². The second kappa shape index (κ2) is 12.1. The van der Waals surface area contributed by atoms with Gasteiger partial charge in [0.05, 0.1) is 11.0 Å². The third-order valence-electron chi connectivity index (χ3n) is 7.98. The molecule has 0 N–H and O–H groups in total. The fraction of sp³-hybridized carbons (Fsp3) is 0.516. The largest absolute Gasteiger partial charge is 0.385 e. The van der Waals surface area contributed by atoms with Gasteiger partial charge in [0, 0.05) is 64.3 Å². The van der Waals surface area contributed by atoms with Crippen LogP contribution in [-0.4, -0.2) is 59.6 Å². The molecule has 2 saturated heterocycles. The normalized spacial score (nSPS) is 18.9. The number of carbonyl (C=O) groups excluding carboxylic acids is 2. The molecule has 0 radical (unpaired) electrons. The summed E-state index contributed by atoms with van der Waals surface area (Å²) in [6, 6.07) is 16.6. The molecule has 1 aromatic heterocycles. The summed E-state index contributed by atoms with van der Waals surface area (Å²) in [7, 11) is 1.74. The maximum absolute atomic E-state index is 13.3. The van der Waals surface area contributed by atoms with E-state index in [-0.39, 0.29) is 23.7 Å². The molecule has 3 heterocycles. The van der Waals surface area contributed by atoms with Crippen molar-refractivity contribution in [2.75, 3.05) is 38.3 Å². The summed E-state index contributed by atoms with van der Waals surface area (Å²) < 4.78 is 7.64. The quantitative estimate of drug-likeness (QED) is 0.349. The molecule has 2 atom stereocenters. The Bertz CT molecular complexity index is 1250. The summed E-state index contributed by atoms with van der Waals surface area (Å²) in [5, 5.41) is 0. The van der Waals surface area contributed by atoms with Crippen LogP contribution in [0.25, 0.3) is 11.0 Å². The summed E-state index contributed by atoms with van der Waals surface area (Å²) in [5.41, 5.74) is 4.38. The van der Waals surface area contributed by atoms with E-state index in [9.17, 15) is 9.59 Å². The third-order valence-corrected chi connectivity index (χ3v) is 7.98. The van der Waals surface area contributed by atoms with Crippen molar-refractivity contribution in [1.82, 2.24) is 14.5 Å². The van der Waals surface area contributed by atoms with E-state index >= 15 is 0 Å². The molecule has 0 saturated carbocycles. The lowest BCUT2D eigenvalue weighted by molar-refractivity contribution is -0.133. The van der Waals surface area contributed by atoms with Crippen LogP contribution in [0.15, 0.2) is 48.5 Å². The van der Waals surface area contributed by atoms with Crippen LogP contribution in [0.3, 0.4) is 0 Å². The zero-order chi connectivity index (χ0) is 26.5. The van der Waals surface area contributed by atoms with Crippen molar-refractivity contribution in [2.24, 2.45) is 5.92 Å². The lowest BCUT2D eigenvalue weighted by Gasteiger charge is -2.33. The summed E-state index contributed by atoms with van der Waals surface area (Å²) in [6.07, 6.45) is 5.97. The van der Waals surface area contributed by atoms with Crippen LogP contribution in [0.2, 0.25) is 0 Å². The number of imidazole rings is 1. The van der Waals surface area contributed by atoms with Gasteiger partial charge in [-0.25, -0.2) is 4.98 Å². The molecule has 7 nitrogen and oxygen atoms in total. The molecule has 38 heavy (non-hydrogen) atoms. The van der Waals surface area contributed by atoms with Crippen LogP contribution in [0, 0.1) is 5.92 Å². The Morgan fingerprint density at radius 2 is 1.92 bits per heavy atom. The van der Waals surface area contributed by atoms with E-state index in [0.29, 0.717) is 12.8 Å². The molecule has 0 unspecified atom stereocenters. The van der Waals surface area contributed by atoms with Crippen molar-refractivity contribution in [2.45, 2.75) is 64.3 Å². The van der Waals surface area contributed by atoms with Crippen molar-refractivity contribution in [3.05, 3.63) is 59.9 Å². The molecular formula is C31H40N4O3. The number of piperidine rings is 1. The minimum Gasteiger partial charge on any atom is -0.385 e. The number of para-hydroxylation sites is 2. The molecule has 2 fully saturated rings. The number of carbonyl (C=O) groups is 2. The predicted octanol–water partition coefficient (Wildman–Crippen LogP) is 5.17. The predicted molar refractivity (Wildman–Crippen MR) is 150 cm³/mol. The lowest BCUT2D eigenvalue weighted by atomic mass is 9.94. The Labute approximate surface area is 225 Å². The number of aryl methyl sites for hydroxylation is 1. The number of anilines is 1. The van der Waals surface area contributed by atoms with Gasteiger partial charge < -0.3 is 19.1 Å². The molecule has 3 aromatic rings. The zero-order valence-electron chi connectivity index (χ0n) is 22.8. The maximum Gasteiger partial charge on any atom is 0.227 e. The van der Waals surface area contributed by atoms with Crippen molar-refractivity contribution in [1.29, 1.82) is 0 Å². The molecule has 5 rings (SSSR count). The van der Waals surface area contributed by atoms with Gasteiger partial charge in [0.2, 0.25) is 11.8 Å². The van der Waals surface area contributed by atoms with Crippen LogP contribution in [0.4, 0.5) is 5.69 Å². The maximum atomic E-state index is 13.3. The van der Waals surface area contributed by atoms with Gasteiger partial charge in [-0.15, -0.1) is 0 Å². The van der Waals surface area contributed by atoms with Gasteiger partial charge in [0.15, 0.2) is 0 Å². The van der Waals surface area contributed by atoms with E-state index < -0.39 is 0 Å². The molecule has 0 bridgehead atoms. The highest BCUT2D eigenvalue weighted by Crippen LogP contribution is 2.30. The Morgan fingerprint density at radius 1 is 1.11 bits per heavy atom. The van der Waals surface area contributed by atoms with E-state index in [1.165, 1.54) is 5.56 Å². The summed E-state index contributed by atoms with van der Waals surface area (Å²) in [6.45, 7) is 6.12. The molecular weight excluding hydrogens is 476 g/mol. The van der Waals surface area contributed by atoms with Crippen molar-refractivity contribution >= 4 is 28.5 Å². The minimum absolute atomic E-state index is 0.210. The van der Waals surface area contributed by atoms with Crippen LogP contribution in [0.5, 0.6) is 0 Å². The summed E-state index contributed by atoms with van der Waals surface area (Å²) >= 11 is 0. The zero-order valence-corrected chi connectivity index (χ0v) is 22.8. The fourth-order valence-corrected chi connectivity index (χ4v) is 6.06. The Morgan fingerprint density at radius 3 is 2.68 bits per heavy atom. The number of hydrogen-bond acceptors (Lipinski definition) is 4. The second-order valence-corrected chi connectivity index (χ2v) is 11.0. The highest BCUT2D eigenvalue weighted by Gasteiger charge is 2.29. The standard InChI is InChI=1S/C31H40N4O3/c1-23(20-24-12-14-26(15-13-24)34-17-6-11-29(34)36)21-30(37)33-16-5-8-25(22-33)31-32-27-9-3-4-10-28(27)35(31)18-7-19-38-2/h3-4,9-10,12-15,23,25H,5-8,11,16-22H2,1-2H3/t23-,25-/m1/s1. The fourth-order valence-electron chi connectivity index (χ4n) is 6.06. The average molecular weight is 517 g/mol. The Balaban J connectivity index is 1.20. The molecule has 2 aliphatic rings. The van der Waals surface area contributed by atoms with Crippen LogP contribution in [-0.2, 0) is 27.3 Å². The number of likely N-dealkylation sites (tertiary alicyclic amines) is 1. The monoisotopic (exact) mass is 516 g/mol. The first-order valence-electron chi connectivity index (χ1n) is 14.1. The number of hydrogen-bond donors (Lipinski definition) is 0. The van der Waals surface area contributed by atoms with E-state index in [2.05, 4.69) is 46.7 Å². The molecule has 2 aromatic carbocycles. The van der Waals surface area contributed by atoms with Gasteiger partial charge in [0.1, 0.15) is 5.82 Å².